The highest BCUT2D eigenvalue weighted by molar-refractivity contribution is 5.79. The first-order valence-corrected chi connectivity index (χ1v) is 6.07. The highest BCUT2D eigenvalue weighted by Crippen LogP contribution is 2.27. The van der Waals surface area contributed by atoms with Crippen molar-refractivity contribution < 1.29 is 4.42 Å². The molecule has 5 nitrogen and oxygen atoms in total. The number of hydrogen-bond acceptors (Lipinski definition) is 5. The quantitative estimate of drug-likeness (QED) is 0.719. The van der Waals surface area contributed by atoms with Crippen molar-refractivity contribution in [3.05, 3.63) is 48.0 Å². The van der Waals surface area contributed by atoms with Gasteiger partial charge in [0, 0.05) is 24.5 Å². The van der Waals surface area contributed by atoms with Gasteiger partial charge in [-0.25, -0.2) is 0 Å². The van der Waals surface area contributed by atoms with Gasteiger partial charge in [0.05, 0.1) is 11.6 Å². The largest absolute Gasteiger partial charge is 0.423 e. The molecular weight excluding hydrogens is 252 g/mol. The van der Waals surface area contributed by atoms with Crippen LogP contribution in [0.3, 0.4) is 0 Å². The standard InChI is InChI=1S/C15H12N4O/c1-19(12-5-2-10(9-16)3-6-12)15-18-13-7-4-11(17)8-14(13)20-15/h2-8H,17H2,1H3. The highest BCUT2D eigenvalue weighted by atomic mass is 16.4. The van der Waals surface area contributed by atoms with Gasteiger partial charge in [0.1, 0.15) is 5.52 Å². The number of rotatable bonds is 2. The van der Waals surface area contributed by atoms with Gasteiger partial charge in [-0.15, -0.1) is 0 Å². The topological polar surface area (TPSA) is 79.1 Å². The van der Waals surface area contributed by atoms with Crippen LogP contribution in [-0.4, -0.2) is 12.0 Å². The molecule has 0 amide bonds. The summed E-state index contributed by atoms with van der Waals surface area (Å²) < 4.78 is 5.69. The van der Waals surface area contributed by atoms with E-state index in [-0.39, 0.29) is 0 Å². The molecule has 98 valence electrons. The van der Waals surface area contributed by atoms with Gasteiger partial charge in [0.25, 0.3) is 0 Å². The summed E-state index contributed by atoms with van der Waals surface area (Å²) in [5.41, 5.74) is 9.28. The lowest BCUT2D eigenvalue weighted by Gasteiger charge is -2.14. The lowest BCUT2D eigenvalue weighted by Crippen LogP contribution is -2.09. The SMILES string of the molecule is CN(c1ccc(C#N)cc1)c1nc2ccc(N)cc2o1. The second-order valence-electron chi connectivity index (χ2n) is 4.44. The van der Waals surface area contributed by atoms with Crippen molar-refractivity contribution >= 4 is 28.5 Å². The van der Waals surface area contributed by atoms with Crippen LogP contribution in [0, 0.1) is 11.3 Å². The fourth-order valence-electron chi connectivity index (χ4n) is 1.94. The molecule has 0 unspecified atom stereocenters. The van der Waals surface area contributed by atoms with Crippen LogP contribution in [0.15, 0.2) is 46.9 Å². The molecule has 1 heterocycles. The molecule has 2 aromatic carbocycles. The third-order valence-corrected chi connectivity index (χ3v) is 3.07. The van der Waals surface area contributed by atoms with Crippen LogP contribution in [0.25, 0.3) is 11.1 Å². The molecule has 3 rings (SSSR count). The Morgan fingerprint density at radius 2 is 1.95 bits per heavy atom. The van der Waals surface area contributed by atoms with Gasteiger partial charge in [-0.05, 0) is 36.4 Å². The Morgan fingerprint density at radius 1 is 1.20 bits per heavy atom. The molecule has 20 heavy (non-hydrogen) atoms. The maximum atomic E-state index is 8.80. The maximum absolute atomic E-state index is 8.80. The maximum Gasteiger partial charge on any atom is 0.302 e. The zero-order valence-corrected chi connectivity index (χ0v) is 10.9. The molecule has 1 aromatic heterocycles. The van der Waals surface area contributed by atoms with E-state index in [0.29, 0.717) is 22.8 Å². The minimum Gasteiger partial charge on any atom is -0.423 e. The first-order chi connectivity index (χ1) is 9.67. The minimum absolute atomic E-state index is 0.482. The molecule has 2 N–H and O–H groups in total. The van der Waals surface area contributed by atoms with Gasteiger partial charge in [0.2, 0.25) is 0 Å². The molecule has 0 fully saturated rings. The second kappa shape index (κ2) is 4.59. The van der Waals surface area contributed by atoms with Gasteiger partial charge < -0.3 is 10.2 Å². The van der Waals surface area contributed by atoms with E-state index in [1.165, 1.54) is 0 Å². The van der Waals surface area contributed by atoms with Crippen LogP contribution in [-0.2, 0) is 0 Å². The van der Waals surface area contributed by atoms with Crippen molar-refractivity contribution in [2.24, 2.45) is 0 Å². The Labute approximate surface area is 115 Å². The van der Waals surface area contributed by atoms with E-state index in [1.54, 1.807) is 24.3 Å². The number of oxazole rings is 1. The number of benzene rings is 2. The van der Waals surface area contributed by atoms with Gasteiger partial charge in [-0.1, -0.05) is 0 Å². The van der Waals surface area contributed by atoms with E-state index in [1.807, 2.05) is 30.1 Å². The molecule has 0 spiro atoms. The number of nitrogen functional groups attached to an aromatic ring is 1. The Kier molecular flexibility index (Phi) is 2.77. The van der Waals surface area contributed by atoms with Gasteiger partial charge >= 0.3 is 6.01 Å². The molecule has 0 aliphatic heterocycles. The highest BCUT2D eigenvalue weighted by Gasteiger charge is 2.12. The summed E-state index contributed by atoms with van der Waals surface area (Å²) in [4.78, 5) is 6.23. The molecule has 0 aliphatic rings. The lowest BCUT2D eigenvalue weighted by atomic mass is 10.2. The van der Waals surface area contributed by atoms with Crippen molar-refractivity contribution in [1.29, 1.82) is 5.26 Å². The van der Waals surface area contributed by atoms with Crippen molar-refractivity contribution in [3.63, 3.8) is 0 Å². The van der Waals surface area contributed by atoms with E-state index in [2.05, 4.69) is 11.1 Å². The zero-order chi connectivity index (χ0) is 14.1. The van der Waals surface area contributed by atoms with Crippen LogP contribution in [0.5, 0.6) is 0 Å². The van der Waals surface area contributed by atoms with Crippen LogP contribution < -0.4 is 10.6 Å². The van der Waals surface area contributed by atoms with Gasteiger partial charge in [-0.3, -0.25) is 4.90 Å². The molecule has 0 saturated heterocycles. The number of aromatic nitrogens is 1. The normalized spacial score (nSPS) is 10.4. The molecule has 0 aliphatic carbocycles. The van der Waals surface area contributed by atoms with Gasteiger partial charge in [0.15, 0.2) is 5.58 Å². The number of nitrogens with zero attached hydrogens (tertiary/aromatic N) is 3. The smallest absolute Gasteiger partial charge is 0.302 e. The van der Waals surface area contributed by atoms with Crippen LogP contribution in [0.4, 0.5) is 17.4 Å². The van der Waals surface area contributed by atoms with Crippen molar-refractivity contribution in [3.8, 4) is 6.07 Å². The van der Waals surface area contributed by atoms with Crippen LogP contribution >= 0.6 is 0 Å². The van der Waals surface area contributed by atoms with Crippen LogP contribution in [0.1, 0.15) is 5.56 Å². The predicted octanol–water partition coefficient (Wildman–Crippen LogP) is 3.05. The van der Waals surface area contributed by atoms with Crippen molar-refractivity contribution in [2.45, 2.75) is 0 Å². The summed E-state index contributed by atoms with van der Waals surface area (Å²) in [6, 6.07) is 15.1. The third kappa shape index (κ3) is 2.04. The lowest BCUT2D eigenvalue weighted by molar-refractivity contribution is 0.603. The summed E-state index contributed by atoms with van der Waals surface area (Å²) in [5.74, 6) is 0. The van der Waals surface area contributed by atoms with E-state index in [4.69, 9.17) is 15.4 Å². The molecule has 0 radical (unpaired) electrons. The third-order valence-electron chi connectivity index (χ3n) is 3.07. The number of nitrogens with two attached hydrogens (primary N) is 1. The Hall–Kier alpha value is -3.00. The van der Waals surface area contributed by atoms with E-state index in [9.17, 15) is 0 Å². The van der Waals surface area contributed by atoms with Crippen molar-refractivity contribution in [1.82, 2.24) is 4.98 Å². The van der Waals surface area contributed by atoms with E-state index in [0.717, 1.165) is 11.2 Å². The molecule has 3 aromatic rings. The fourth-order valence-corrected chi connectivity index (χ4v) is 1.94. The average Bonchev–Trinajstić information content (AvgIpc) is 2.89. The summed E-state index contributed by atoms with van der Waals surface area (Å²) in [7, 11) is 1.86. The zero-order valence-electron chi connectivity index (χ0n) is 10.9. The van der Waals surface area contributed by atoms with E-state index >= 15 is 0 Å². The first kappa shape index (κ1) is 12.1. The Bertz CT molecular complexity index is 799. The summed E-state index contributed by atoms with van der Waals surface area (Å²) in [6.07, 6.45) is 0. The molecule has 0 saturated carbocycles. The number of hydrogen-bond donors (Lipinski definition) is 1. The molecule has 0 atom stereocenters. The van der Waals surface area contributed by atoms with Crippen LogP contribution in [0.2, 0.25) is 0 Å². The Balaban J connectivity index is 1.98. The number of nitriles is 1. The molecule has 5 heteroatoms. The fraction of sp³-hybridized carbons (Fsp3) is 0.0667. The second-order valence-corrected chi connectivity index (χ2v) is 4.44. The average molecular weight is 264 g/mol. The summed E-state index contributed by atoms with van der Waals surface area (Å²) in [6.45, 7) is 0. The first-order valence-electron chi connectivity index (χ1n) is 6.07. The predicted molar refractivity (Wildman–Crippen MR) is 77.6 cm³/mol. The molecule has 0 bridgehead atoms. The number of anilines is 3. The Morgan fingerprint density at radius 3 is 2.65 bits per heavy atom. The summed E-state index contributed by atoms with van der Waals surface area (Å²) >= 11 is 0. The summed E-state index contributed by atoms with van der Waals surface area (Å²) in [5, 5.41) is 8.80. The monoisotopic (exact) mass is 264 g/mol. The van der Waals surface area contributed by atoms with Gasteiger partial charge in [-0.2, -0.15) is 10.2 Å². The van der Waals surface area contributed by atoms with E-state index < -0.39 is 0 Å². The molecular formula is C15H12N4O. The van der Waals surface area contributed by atoms with Crippen molar-refractivity contribution in [2.75, 3.05) is 17.7 Å². The number of fused-ring (bicyclic) bond motifs is 1. The minimum atomic E-state index is 0.482.